The summed E-state index contributed by atoms with van der Waals surface area (Å²) in [6, 6.07) is 9.37. The Labute approximate surface area is 187 Å². The van der Waals surface area contributed by atoms with Crippen molar-refractivity contribution in [3.05, 3.63) is 55.0 Å². The van der Waals surface area contributed by atoms with Crippen molar-refractivity contribution in [2.75, 3.05) is 18.0 Å². The van der Waals surface area contributed by atoms with Crippen molar-refractivity contribution in [3.8, 4) is 22.7 Å². The van der Waals surface area contributed by atoms with E-state index in [9.17, 15) is 13.2 Å². The van der Waals surface area contributed by atoms with Gasteiger partial charge in [-0.25, -0.2) is 14.2 Å². The van der Waals surface area contributed by atoms with Crippen LogP contribution in [0, 0.1) is 0 Å². The van der Waals surface area contributed by atoms with E-state index < -0.39 is 6.36 Å². The summed E-state index contributed by atoms with van der Waals surface area (Å²) in [7, 11) is 0. The minimum atomic E-state index is -4.73. The standard InChI is InChI=1S/C22H21F3N6O2/c1-14-11-29(12-15(2)32-14)21-8-7-20-26-10-19(31(20)28-21)16-9-27-30(13-16)17-3-5-18(6-4-17)33-22(23,24)25/h3-10,13-15H,11-12H2,1-2H3/t14-,15+. The van der Waals surface area contributed by atoms with Gasteiger partial charge in [-0.1, -0.05) is 0 Å². The monoisotopic (exact) mass is 458 g/mol. The summed E-state index contributed by atoms with van der Waals surface area (Å²) >= 11 is 0. The fourth-order valence-corrected chi connectivity index (χ4v) is 3.99. The van der Waals surface area contributed by atoms with Crippen LogP contribution in [-0.2, 0) is 4.74 Å². The highest BCUT2D eigenvalue weighted by Gasteiger charge is 2.31. The molecule has 172 valence electrons. The fraction of sp³-hybridized carbons (Fsp3) is 0.318. The van der Waals surface area contributed by atoms with Gasteiger partial charge in [0.2, 0.25) is 0 Å². The normalized spacial score (nSPS) is 19.2. The summed E-state index contributed by atoms with van der Waals surface area (Å²) in [5, 5.41) is 9.14. The van der Waals surface area contributed by atoms with E-state index in [4.69, 9.17) is 9.84 Å². The van der Waals surface area contributed by atoms with Gasteiger partial charge in [-0.3, -0.25) is 0 Å². The second-order valence-electron chi connectivity index (χ2n) is 7.98. The number of anilines is 1. The molecule has 1 aliphatic rings. The number of hydrogen-bond acceptors (Lipinski definition) is 6. The molecule has 2 atom stereocenters. The van der Waals surface area contributed by atoms with Crippen LogP contribution < -0.4 is 9.64 Å². The van der Waals surface area contributed by atoms with Crippen LogP contribution in [0.5, 0.6) is 5.75 Å². The molecule has 0 spiro atoms. The van der Waals surface area contributed by atoms with Gasteiger partial charge in [0.15, 0.2) is 5.65 Å². The van der Waals surface area contributed by atoms with E-state index in [1.54, 1.807) is 27.8 Å². The van der Waals surface area contributed by atoms with Crippen LogP contribution in [-0.4, -0.2) is 56.0 Å². The molecule has 5 rings (SSSR count). The van der Waals surface area contributed by atoms with Gasteiger partial charge in [0, 0.05) is 24.8 Å². The molecule has 0 unspecified atom stereocenters. The molecule has 3 aromatic heterocycles. The van der Waals surface area contributed by atoms with E-state index in [-0.39, 0.29) is 18.0 Å². The summed E-state index contributed by atoms with van der Waals surface area (Å²) in [6.45, 7) is 5.58. The molecule has 0 aliphatic carbocycles. The molecule has 1 aliphatic heterocycles. The molecule has 0 radical (unpaired) electrons. The van der Waals surface area contributed by atoms with Crippen LogP contribution in [0.25, 0.3) is 22.6 Å². The molecule has 1 fully saturated rings. The van der Waals surface area contributed by atoms with Crippen molar-refractivity contribution in [2.45, 2.75) is 32.4 Å². The Balaban J connectivity index is 1.42. The van der Waals surface area contributed by atoms with Crippen molar-refractivity contribution >= 4 is 11.5 Å². The minimum Gasteiger partial charge on any atom is -0.406 e. The molecular formula is C22H21F3N6O2. The smallest absolute Gasteiger partial charge is 0.406 e. The number of hydrogen-bond donors (Lipinski definition) is 0. The first-order valence-electron chi connectivity index (χ1n) is 10.4. The van der Waals surface area contributed by atoms with Crippen LogP contribution in [0.15, 0.2) is 55.0 Å². The SMILES string of the molecule is C[C@@H]1CN(c2ccc3ncc(-c4cnn(-c5ccc(OC(F)(F)F)cc5)c4)n3n2)C[C@H](C)O1. The summed E-state index contributed by atoms with van der Waals surface area (Å²) in [5.41, 5.74) is 2.81. The van der Waals surface area contributed by atoms with Gasteiger partial charge in [-0.2, -0.15) is 5.10 Å². The van der Waals surface area contributed by atoms with Crippen molar-refractivity contribution < 1.29 is 22.6 Å². The number of aromatic nitrogens is 5. The maximum absolute atomic E-state index is 12.4. The van der Waals surface area contributed by atoms with Crippen molar-refractivity contribution in [3.63, 3.8) is 0 Å². The lowest BCUT2D eigenvalue weighted by molar-refractivity contribution is -0.274. The molecule has 33 heavy (non-hydrogen) atoms. The predicted octanol–water partition coefficient (Wildman–Crippen LogP) is 4.09. The first kappa shape index (κ1) is 21.3. The third kappa shape index (κ3) is 4.49. The molecule has 0 N–H and O–H groups in total. The Bertz CT molecular complexity index is 1260. The summed E-state index contributed by atoms with van der Waals surface area (Å²) < 4.78 is 50.2. The van der Waals surface area contributed by atoms with Crippen molar-refractivity contribution in [2.24, 2.45) is 0 Å². The first-order chi connectivity index (χ1) is 15.7. The average Bonchev–Trinajstić information content (AvgIpc) is 3.39. The van der Waals surface area contributed by atoms with Crippen molar-refractivity contribution in [1.29, 1.82) is 0 Å². The topological polar surface area (TPSA) is 69.7 Å². The molecule has 8 nitrogen and oxygen atoms in total. The number of halogens is 3. The summed E-state index contributed by atoms with van der Waals surface area (Å²) in [4.78, 5) is 6.63. The van der Waals surface area contributed by atoms with E-state index in [2.05, 4.69) is 19.7 Å². The van der Waals surface area contributed by atoms with Gasteiger partial charge in [0.05, 0.1) is 36.0 Å². The van der Waals surface area contributed by atoms with Gasteiger partial charge >= 0.3 is 6.36 Å². The molecule has 0 saturated carbocycles. The van der Waals surface area contributed by atoms with Gasteiger partial charge in [-0.05, 0) is 50.2 Å². The number of alkyl halides is 3. The second-order valence-corrected chi connectivity index (χ2v) is 7.98. The Morgan fingerprint density at radius 3 is 2.42 bits per heavy atom. The molecule has 0 amide bonds. The molecule has 4 heterocycles. The van der Waals surface area contributed by atoms with E-state index in [1.807, 2.05) is 26.0 Å². The van der Waals surface area contributed by atoms with Crippen LogP contribution in [0.1, 0.15) is 13.8 Å². The van der Waals surface area contributed by atoms with Crippen molar-refractivity contribution in [1.82, 2.24) is 24.4 Å². The highest BCUT2D eigenvalue weighted by molar-refractivity contribution is 5.63. The van der Waals surface area contributed by atoms with Crippen LogP contribution in [0.3, 0.4) is 0 Å². The molecule has 1 aromatic carbocycles. The summed E-state index contributed by atoms with van der Waals surface area (Å²) in [5.74, 6) is 0.542. The van der Waals surface area contributed by atoms with Crippen LogP contribution in [0.2, 0.25) is 0 Å². The number of benzene rings is 1. The van der Waals surface area contributed by atoms with E-state index >= 15 is 0 Å². The van der Waals surface area contributed by atoms with Gasteiger partial charge in [0.25, 0.3) is 0 Å². The number of rotatable bonds is 4. The number of ether oxygens (including phenoxy) is 2. The number of fused-ring (bicyclic) bond motifs is 1. The third-order valence-electron chi connectivity index (χ3n) is 5.31. The predicted molar refractivity (Wildman–Crippen MR) is 114 cm³/mol. The van der Waals surface area contributed by atoms with E-state index in [0.717, 1.165) is 30.2 Å². The van der Waals surface area contributed by atoms with Gasteiger partial charge in [-0.15, -0.1) is 18.3 Å². The second kappa shape index (κ2) is 8.07. The highest BCUT2D eigenvalue weighted by atomic mass is 19.4. The van der Waals surface area contributed by atoms with E-state index in [0.29, 0.717) is 11.3 Å². The number of imidazole rings is 1. The number of nitrogens with zero attached hydrogens (tertiary/aromatic N) is 6. The Kier molecular flexibility index (Phi) is 5.20. The third-order valence-corrected chi connectivity index (χ3v) is 5.31. The maximum Gasteiger partial charge on any atom is 0.573 e. The summed E-state index contributed by atoms with van der Waals surface area (Å²) in [6.07, 6.45) is 0.650. The molecule has 1 saturated heterocycles. The zero-order valence-corrected chi connectivity index (χ0v) is 17.9. The zero-order chi connectivity index (χ0) is 23.2. The van der Waals surface area contributed by atoms with Crippen LogP contribution >= 0.6 is 0 Å². The zero-order valence-electron chi connectivity index (χ0n) is 17.9. The quantitative estimate of drug-likeness (QED) is 0.459. The van der Waals surface area contributed by atoms with Gasteiger partial charge < -0.3 is 14.4 Å². The lowest BCUT2D eigenvalue weighted by Gasteiger charge is -2.35. The maximum atomic E-state index is 12.4. The highest BCUT2D eigenvalue weighted by Crippen LogP contribution is 2.26. The Morgan fingerprint density at radius 2 is 1.73 bits per heavy atom. The minimum absolute atomic E-state index is 0.111. The largest absolute Gasteiger partial charge is 0.573 e. The first-order valence-corrected chi connectivity index (χ1v) is 10.4. The molecule has 0 bridgehead atoms. The Morgan fingerprint density at radius 1 is 1.00 bits per heavy atom. The Hall–Kier alpha value is -3.60. The molecular weight excluding hydrogens is 437 g/mol. The van der Waals surface area contributed by atoms with Gasteiger partial charge in [0.1, 0.15) is 11.6 Å². The van der Waals surface area contributed by atoms with E-state index in [1.165, 1.54) is 24.3 Å². The van der Waals surface area contributed by atoms with Crippen LogP contribution in [0.4, 0.5) is 19.0 Å². The fourth-order valence-electron chi connectivity index (χ4n) is 3.99. The molecule has 4 aromatic rings. The lowest BCUT2D eigenvalue weighted by atomic mass is 10.2. The average molecular weight is 458 g/mol. The lowest BCUT2D eigenvalue weighted by Crippen LogP contribution is -2.46. The number of morpholine rings is 1. The molecule has 11 heteroatoms.